The van der Waals surface area contributed by atoms with Gasteiger partial charge in [-0.15, -0.1) is 11.3 Å². The minimum absolute atomic E-state index is 0.373. The summed E-state index contributed by atoms with van der Waals surface area (Å²) in [5.41, 5.74) is 3.69. The highest BCUT2D eigenvalue weighted by atomic mass is 32.1. The van der Waals surface area contributed by atoms with Crippen molar-refractivity contribution in [2.45, 2.75) is 0 Å². The molecule has 0 atom stereocenters. The van der Waals surface area contributed by atoms with E-state index in [9.17, 15) is 9.18 Å². The van der Waals surface area contributed by atoms with E-state index in [0.29, 0.717) is 16.1 Å². The monoisotopic (exact) mass is 354 g/mol. The Kier molecular flexibility index (Phi) is 3.73. The van der Waals surface area contributed by atoms with Crippen LogP contribution >= 0.6 is 11.3 Å². The zero-order chi connectivity index (χ0) is 17.4. The van der Waals surface area contributed by atoms with Crippen molar-refractivity contribution in [2.75, 3.05) is 7.11 Å². The lowest BCUT2D eigenvalue weighted by atomic mass is 10.1. The number of hydrogen-bond donors (Lipinski definition) is 0. The normalized spacial score (nSPS) is 11.0. The number of rotatable bonds is 3. The Morgan fingerprint density at radius 1 is 1.20 bits per heavy atom. The van der Waals surface area contributed by atoms with Crippen LogP contribution in [0.5, 0.6) is 0 Å². The molecule has 0 aliphatic rings. The second-order valence-electron chi connectivity index (χ2n) is 5.23. The number of nitrogens with zero attached hydrogens (tertiary/aromatic N) is 4. The third-order valence-electron chi connectivity index (χ3n) is 3.71. The molecule has 0 saturated carbocycles. The van der Waals surface area contributed by atoms with Crippen molar-refractivity contribution in [3.05, 3.63) is 59.2 Å². The Labute approximate surface area is 145 Å². The maximum absolute atomic E-state index is 13.3. The molecule has 0 radical (unpaired) electrons. The molecule has 0 N–H and O–H groups in total. The molecule has 4 rings (SSSR count). The highest BCUT2D eigenvalue weighted by Crippen LogP contribution is 2.29. The quantitative estimate of drug-likeness (QED) is 0.416. The van der Waals surface area contributed by atoms with Gasteiger partial charge in [-0.05, 0) is 28.6 Å². The van der Waals surface area contributed by atoms with Crippen LogP contribution in [0.4, 0.5) is 4.39 Å². The lowest BCUT2D eigenvalue weighted by Crippen LogP contribution is -1.96. The van der Waals surface area contributed by atoms with Gasteiger partial charge in [0.2, 0.25) is 5.95 Å². The number of halogens is 1. The average molecular weight is 354 g/mol. The third kappa shape index (κ3) is 2.76. The van der Waals surface area contributed by atoms with Gasteiger partial charge < -0.3 is 4.74 Å². The Bertz CT molecular complexity index is 1090. The first-order valence-electron chi connectivity index (χ1n) is 7.28. The van der Waals surface area contributed by atoms with E-state index in [1.165, 1.54) is 30.7 Å². The van der Waals surface area contributed by atoms with Crippen LogP contribution in [0.2, 0.25) is 0 Å². The van der Waals surface area contributed by atoms with E-state index in [0.717, 1.165) is 16.7 Å². The van der Waals surface area contributed by atoms with Gasteiger partial charge in [0, 0.05) is 35.8 Å². The molecule has 0 amide bonds. The van der Waals surface area contributed by atoms with E-state index in [4.69, 9.17) is 4.74 Å². The topological polar surface area (TPSA) is 69.4 Å². The molecule has 0 aromatic carbocycles. The second kappa shape index (κ2) is 6.06. The summed E-state index contributed by atoms with van der Waals surface area (Å²) in [7, 11) is 1.35. The van der Waals surface area contributed by atoms with Gasteiger partial charge in [0.1, 0.15) is 4.88 Å². The first kappa shape index (κ1) is 15.4. The molecule has 0 bridgehead atoms. The fourth-order valence-electron chi connectivity index (χ4n) is 2.49. The first-order chi connectivity index (χ1) is 12.2. The zero-order valence-electron chi connectivity index (χ0n) is 13.0. The summed E-state index contributed by atoms with van der Waals surface area (Å²) in [6.45, 7) is 0. The van der Waals surface area contributed by atoms with E-state index < -0.39 is 5.95 Å². The van der Waals surface area contributed by atoms with Crippen LogP contribution in [-0.2, 0) is 4.74 Å². The largest absolute Gasteiger partial charge is 0.465 e. The lowest BCUT2D eigenvalue weighted by molar-refractivity contribution is 0.0606. The molecule has 0 fully saturated rings. The van der Waals surface area contributed by atoms with E-state index in [1.807, 2.05) is 5.38 Å². The molecule has 0 spiro atoms. The van der Waals surface area contributed by atoms with E-state index >= 15 is 0 Å². The minimum Gasteiger partial charge on any atom is -0.465 e. The van der Waals surface area contributed by atoms with Gasteiger partial charge in [-0.2, -0.15) is 9.49 Å². The Hall–Kier alpha value is -3.13. The van der Waals surface area contributed by atoms with Gasteiger partial charge in [-0.3, -0.25) is 0 Å². The molecule has 4 heterocycles. The molecule has 124 valence electrons. The SMILES string of the molecule is COC(=O)c1cc(-c2cnn3cc(-c4ccnc(F)c4)cnc23)cs1. The van der Waals surface area contributed by atoms with Gasteiger partial charge in [-0.25, -0.2) is 19.3 Å². The number of pyridine rings is 1. The predicted molar refractivity (Wildman–Crippen MR) is 90.8 cm³/mol. The molecule has 25 heavy (non-hydrogen) atoms. The van der Waals surface area contributed by atoms with Crippen molar-refractivity contribution >= 4 is 23.0 Å². The molecule has 8 heteroatoms. The van der Waals surface area contributed by atoms with Crippen molar-refractivity contribution in [3.8, 4) is 22.3 Å². The number of esters is 1. The average Bonchev–Trinajstić information content (AvgIpc) is 3.27. The minimum atomic E-state index is -0.549. The number of methoxy groups -OCH3 is 1. The molecule has 0 aliphatic heterocycles. The number of carbonyl (C=O) groups excluding carboxylic acids is 1. The van der Waals surface area contributed by atoms with Crippen LogP contribution in [0.15, 0.2) is 48.4 Å². The van der Waals surface area contributed by atoms with Crippen molar-refractivity contribution in [1.29, 1.82) is 0 Å². The van der Waals surface area contributed by atoms with Crippen LogP contribution < -0.4 is 0 Å². The molecular weight excluding hydrogens is 343 g/mol. The Morgan fingerprint density at radius 2 is 2.08 bits per heavy atom. The molecule has 0 unspecified atom stereocenters. The van der Waals surface area contributed by atoms with E-state index in [2.05, 4.69) is 15.1 Å². The highest BCUT2D eigenvalue weighted by molar-refractivity contribution is 7.12. The number of hydrogen-bond acceptors (Lipinski definition) is 6. The smallest absolute Gasteiger partial charge is 0.348 e. The first-order valence-corrected chi connectivity index (χ1v) is 8.16. The third-order valence-corrected chi connectivity index (χ3v) is 4.62. The van der Waals surface area contributed by atoms with Gasteiger partial charge >= 0.3 is 5.97 Å². The molecular formula is C17H11FN4O2S. The fourth-order valence-corrected chi connectivity index (χ4v) is 3.32. The number of ether oxygens (including phenoxy) is 1. The summed E-state index contributed by atoms with van der Waals surface area (Å²) >= 11 is 1.30. The van der Waals surface area contributed by atoms with Crippen LogP contribution in [-0.4, -0.2) is 32.7 Å². The number of thiophene rings is 1. The Morgan fingerprint density at radius 3 is 2.88 bits per heavy atom. The van der Waals surface area contributed by atoms with E-state index in [1.54, 1.807) is 35.2 Å². The lowest BCUT2D eigenvalue weighted by Gasteiger charge is -2.02. The maximum Gasteiger partial charge on any atom is 0.348 e. The number of carbonyl (C=O) groups is 1. The zero-order valence-corrected chi connectivity index (χ0v) is 13.8. The highest BCUT2D eigenvalue weighted by Gasteiger charge is 2.14. The molecule has 0 saturated heterocycles. The summed E-state index contributed by atoms with van der Waals surface area (Å²) < 4.78 is 19.6. The van der Waals surface area contributed by atoms with Gasteiger partial charge in [0.25, 0.3) is 0 Å². The molecule has 6 nitrogen and oxygen atoms in total. The predicted octanol–water partition coefficient (Wildman–Crippen LogP) is 3.45. The van der Waals surface area contributed by atoms with Crippen LogP contribution in [0.25, 0.3) is 27.9 Å². The fraction of sp³-hybridized carbons (Fsp3) is 0.0588. The van der Waals surface area contributed by atoms with Crippen molar-refractivity contribution in [1.82, 2.24) is 19.6 Å². The summed E-state index contributed by atoms with van der Waals surface area (Å²) in [5.74, 6) is -0.921. The van der Waals surface area contributed by atoms with Crippen LogP contribution in [0, 0.1) is 5.95 Å². The van der Waals surface area contributed by atoms with Gasteiger partial charge in [0.05, 0.1) is 13.3 Å². The van der Waals surface area contributed by atoms with Crippen molar-refractivity contribution in [3.63, 3.8) is 0 Å². The van der Waals surface area contributed by atoms with Crippen molar-refractivity contribution in [2.24, 2.45) is 0 Å². The molecule has 0 aliphatic carbocycles. The number of fused-ring (bicyclic) bond motifs is 1. The van der Waals surface area contributed by atoms with Crippen LogP contribution in [0.3, 0.4) is 0 Å². The Balaban J connectivity index is 1.75. The van der Waals surface area contributed by atoms with Crippen LogP contribution in [0.1, 0.15) is 9.67 Å². The number of aromatic nitrogens is 4. The maximum atomic E-state index is 13.3. The van der Waals surface area contributed by atoms with Crippen molar-refractivity contribution < 1.29 is 13.9 Å². The summed E-state index contributed by atoms with van der Waals surface area (Å²) in [6.07, 6.45) is 6.52. The second-order valence-corrected chi connectivity index (χ2v) is 6.14. The summed E-state index contributed by atoms with van der Waals surface area (Å²) in [6, 6.07) is 4.80. The molecule has 4 aromatic rings. The molecule has 4 aromatic heterocycles. The van der Waals surface area contributed by atoms with E-state index in [-0.39, 0.29) is 5.97 Å². The standard InChI is InChI=1S/C17H11FN4O2S/c1-24-17(23)14-4-11(9-25-14)13-7-21-22-8-12(6-20-16(13)22)10-2-3-19-15(18)5-10/h2-9H,1H3. The van der Waals surface area contributed by atoms with Gasteiger partial charge in [0.15, 0.2) is 5.65 Å². The van der Waals surface area contributed by atoms with Gasteiger partial charge in [-0.1, -0.05) is 0 Å². The summed E-state index contributed by atoms with van der Waals surface area (Å²) in [5, 5.41) is 6.17. The summed E-state index contributed by atoms with van der Waals surface area (Å²) in [4.78, 5) is 20.1.